The molecule has 164 valence electrons. The van der Waals surface area contributed by atoms with E-state index < -0.39 is 5.97 Å². The van der Waals surface area contributed by atoms with Crippen molar-refractivity contribution in [2.24, 2.45) is 5.92 Å². The van der Waals surface area contributed by atoms with Gasteiger partial charge in [-0.2, -0.15) is 0 Å². The number of benzene rings is 1. The predicted octanol–water partition coefficient (Wildman–Crippen LogP) is 4.57. The molecule has 0 radical (unpaired) electrons. The van der Waals surface area contributed by atoms with E-state index >= 15 is 0 Å². The Kier molecular flexibility index (Phi) is 5.29. The van der Waals surface area contributed by atoms with Crippen LogP contribution in [-0.2, 0) is 0 Å². The summed E-state index contributed by atoms with van der Waals surface area (Å²) in [6, 6.07) is 19.0. The molecular formula is C26H27N3O3. The molecule has 32 heavy (non-hydrogen) atoms. The summed E-state index contributed by atoms with van der Waals surface area (Å²) in [6.07, 6.45) is 2.95. The summed E-state index contributed by atoms with van der Waals surface area (Å²) in [7, 11) is 0. The molecule has 0 amide bonds. The maximum atomic E-state index is 12.7. The molecule has 6 heteroatoms. The Morgan fingerprint density at radius 3 is 2.62 bits per heavy atom. The highest BCUT2D eigenvalue weighted by molar-refractivity contribution is 5.94. The van der Waals surface area contributed by atoms with Gasteiger partial charge in [0.25, 0.3) is 5.56 Å². The first kappa shape index (κ1) is 20.5. The fourth-order valence-corrected chi connectivity index (χ4v) is 5.51. The quantitative estimate of drug-likeness (QED) is 0.643. The molecule has 0 aliphatic carbocycles. The van der Waals surface area contributed by atoms with E-state index in [2.05, 4.69) is 17.9 Å². The largest absolute Gasteiger partial charge is 0.478 e. The maximum absolute atomic E-state index is 12.7. The summed E-state index contributed by atoms with van der Waals surface area (Å²) in [5.41, 5.74) is 3.08. The van der Waals surface area contributed by atoms with Crippen molar-refractivity contribution in [1.82, 2.24) is 9.55 Å². The lowest BCUT2D eigenvalue weighted by Gasteiger charge is -2.47. The molecule has 1 aromatic carbocycles. The van der Waals surface area contributed by atoms with Crippen LogP contribution < -0.4 is 10.5 Å². The van der Waals surface area contributed by atoms with Crippen molar-refractivity contribution in [2.45, 2.75) is 38.1 Å². The van der Waals surface area contributed by atoms with E-state index in [0.29, 0.717) is 18.9 Å². The lowest BCUT2D eigenvalue weighted by Crippen LogP contribution is -2.50. The Bertz CT molecular complexity index is 1200. The topological polar surface area (TPSA) is 75.4 Å². The summed E-state index contributed by atoms with van der Waals surface area (Å²) in [5.74, 6) is 0.0183. The van der Waals surface area contributed by atoms with Crippen molar-refractivity contribution < 1.29 is 9.90 Å². The number of fused-ring (bicyclic) bond motifs is 4. The Balaban J connectivity index is 1.58. The second kappa shape index (κ2) is 8.26. The van der Waals surface area contributed by atoms with Crippen molar-refractivity contribution in [3.05, 3.63) is 82.3 Å². The van der Waals surface area contributed by atoms with Crippen LogP contribution in [-0.4, -0.2) is 33.7 Å². The third-order valence-electron chi connectivity index (χ3n) is 6.86. The second-order valence-electron chi connectivity index (χ2n) is 8.85. The van der Waals surface area contributed by atoms with Gasteiger partial charge in [-0.05, 0) is 37.0 Å². The molecule has 4 heterocycles. The number of carbonyl (C=O) groups is 1. The average Bonchev–Trinajstić information content (AvgIpc) is 2.82. The van der Waals surface area contributed by atoms with Crippen LogP contribution in [0, 0.1) is 5.92 Å². The zero-order valence-electron chi connectivity index (χ0n) is 18.1. The van der Waals surface area contributed by atoms with Crippen LogP contribution in [0.15, 0.2) is 65.5 Å². The lowest BCUT2D eigenvalue weighted by atomic mass is 9.77. The van der Waals surface area contributed by atoms with Crippen LogP contribution >= 0.6 is 0 Å². The number of piperidine rings is 1. The molecule has 0 saturated carbocycles. The molecule has 2 bridgehead atoms. The molecule has 6 nitrogen and oxygen atoms in total. The van der Waals surface area contributed by atoms with Crippen LogP contribution in [0.5, 0.6) is 0 Å². The van der Waals surface area contributed by atoms with Gasteiger partial charge in [-0.25, -0.2) is 9.78 Å². The van der Waals surface area contributed by atoms with Gasteiger partial charge in [0.2, 0.25) is 0 Å². The average molecular weight is 430 g/mol. The maximum Gasteiger partial charge on any atom is 0.339 e. The number of carboxylic acid groups (broad SMARTS) is 1. The summed E-state index contributed by atoms with van der Waals surface area (Å²) in [6.45, 7) is 3.51. The van der Waals surface area contributed by atoms with E-state index in [1.165, 1.54) is 0 Å². The number of hydrogen-bond acceptors (Lipinski definition) is 4. The van der Waals surface area contributed by atoms with Gasteiger partial charge in [0.15, 0.2) is 0 Å². The number of nitrogens with zero attached hydrogens (tertiary/aromatic N) is 3. The first-order valence-corrected chi connectivity index (χ1v) is 11.3. The van der Waals surface area contributed by atoms with Crippen LogP contribution in [0.4, 0.5) is 5.82 Å². The van der Waals surface area contributed by atoms with Gasteiger partial charge in [0, 0.05) is 42.4 Å². The molecule has 1 saturated heterocycles. The molecule has 0 spiro atoms. The summed E-state index contributed by atoms with van der Waals surface area (Å²) in [4.78, 5) is 31.8. The Morgan fingerprint density at radius 2 is 1.88 bits per heavy atom. The number of aromatic nitrogens is 2. The van der Waals surface area contributed by atoms with Crippen LogP contribution in [0.1, 0.15) is 54.2 Å². The van der Waals surface area contributed by atoms with E-state index in [9.17, 15) is 14.7 Å². The van der Waals surface area contributed by atoms with E-state index in [0.717, 1.165) is 36.2 Å². The van der Waals surface area contributed by atoms with E-state index in [1.807, 2.05) is 41.0 Å². The van der Waals surface area contributed by atoms with Crippen molar-refractivity contribution in [3.63, 3.8) is 0 Å². The fraction of sp³-hybridized carbons (Fsp3) is 0.346. The molecule has 1 fully saturated rings. The highest BCUT2D eigenvalue weighted by atomic mass is 16.4. The molecule has 5 rings (SSSR count). The third kappa shape index (κ3) is 3.49. The number of anilines is 1. The highest BCUT2D eigenvalue weighted by Gasteiger charge is 2.41. The summed E-state index contributed by atoms with van der Waals surface area (Å²) >= 11 is 0. The Labute approximate surface area is 187 Å². The Hall–Kier alpha value is -3.41. The Morgan fingerprint density at radius 1 is 1.06 bits per heavy atom. The van der Waals surface area contributed by atoms with Crippen molar-refractivity contribution >= 4 is 11.8 Å². The highest BCUT2D eigenvalue weighted by Crippen LogP contribution is 2.44. The molecule has 2 aliphatic rings. The monoisotopic (exact) mass is 429 g/mol. The van der Waals surface area contributed by atoms with Gasteiger partial charge in [-0.3, -0.25) is 4.79 Å². The second-order valence-corrected chi connectivity index (χ2v) is 8.85. The zero-order valence-corrected chi connectivity index (χ0v) is 18.1. The minimum Gasteiger partial charge on any atom is -0.478 e. The molecule has 2 aliphatic heterocycles. The minimum atomic E-state index is -0.968. The van der Waals surface area contributed by atoms with E-state index in [-0.39, 0.29) is 29.0 Å². The number of hydrogen-bond donors (Lipinski definition) is 1. The molecule has 3 atom stereocenters. The van der Waals surface area contributed by atoms with Gasteiger partial charge < -0.3 is 14.6 Å². The lowest BCUT2D eigenvalue weighted by molar-refractivity contribution is 0.0696. The fourth-order valence-electron chi connectivity index (χ4n) is 5.51. The predicted molar refractivity (Wildman–Crippen MR) is 124 cm³/mol. The summed E-state index contributed by atoms with van der Waals surface area (Å²) in [5, 5.41) is 9.88. The third-order valence-corrected chi connectivity index (χ3v) is 6.86. The van der Waals surface area contributed by atoms with Crippen molar-refractivity contribution in [1.29, 1.82) is 0 Å². The van der Waals surface area contributed by atoms with Gasteiger partial charge in [-0.1, -0.05) is 49.7 Å². The first-order valence-electron chi connectivity index (χ1n) is 11.3. The standard InChI is InChI=1S/C26H27N3O3/c1-2-7-22-18-14-19(23-10-6-11-24(30)29(22)23)16-28(15-18)25-20(26(31)32)12-13-21(27-25)17-8-4-3-5-9-17/h3-6,8-13,18-19,22H,2,7,14-16H2,1H3,(H,31,32)/t18-,19+,22-/m0/s1. The number of carboxylic acids is 1. The molecule has 1 N–H and O–H groups in total. The number of pyridine rings is 2. The SMILES string of the molecule is CCC[C@H]1[C@H]2C[C@H](CN(c3nc(-c4ccccc4)ccc3C(=O)O)C2)c2cccc(=O)n21. The molecule has 2 aromatic heterocycles. The smallest absolute Gasteiger partial charge is 0.339 e. The van der Waals surface area contributed by atoms with Crippen LogP contribution in [0.3, 0.4) is 0 Å². The van der Waals surface area contributed by atoms with Crippen LogP contribution in [0.25, 0.3) is 11.3 Å². The van der Waals surface area contributed by atoms with Gasteiger partial charge in [0.05, 0.1) is 5.69 Å². The molecule has 0 unspecified atom stereocenters. The summed E-state index contributed by atoms with van der Waals surface area (Å²) < 4.78 is 2.01. The van der Waals surface area contributed by atoms with Gasteiger partial charge in [-0.15, -0.1) is 0 Å². The minimum absolute atomic E-state index is 0.0690. The number of rotatable bonds is 5. The molecule has 3 aromatic rings. The van der Waals surface area contributed by atoms with Crippen LogP contribution in [0.2, 0.25) is 0 Å². The van der Waals surface area contributed by atoms with Crippen molar-refractivity contribution in [2.75, 3.05) is 18.0 Å². The number of aromatic carboxylic acids is 1. The first-order chi connectivity index (χ1) is 15.6. The van der Waals surface area contributed by atoms with Gasteiger partial charge >= 0.3 is 5.97 Å². The zero-order chi connectivity index (χ0) is 22.2. The van der Waals surface area contributed by atoms with E-state index in [4.69, 9.17) is 4.98 Å². The molecular weight excluding hydrogens is 402 g/mol. The van der Waals surface area contributed by atoms with Crippen molar-refractivity contribution in [3.8, 4) is 11.3 Å². The normalized spacial score (nSPS) is 21.8. The van der Waals surface area contributed by atoms with Gasteiger partial charge in [0.1, 0.15) is 11.4 Å². The van der Waals surface area contributed by atoms with E-state index in [1.54, 1.807) is 18.2 Å².